The molecule has 9 nitrogen and oxygen atoms in total. The largest absolute Gasteiger partial charge is 0.497 e. The minimum Gasteiger partial charge on any atom is -0.497 e. The summed E-state index contributed by atoms with van der Waals surface area (Å²) in [6.07, 6.45) is 0. The molecule has 4 aromatic rings. The Bertz CT molecular complexity index is 1350. The van der Waals surface area contributed by atoms with Gasteiger partial charge in [-0.1, -0.05) is 11.6 Å². The zero-order valence-corrected chi connectivity index (χ0v) is 18.4. The minimum atomic E-state index is -0.640. The Morgan fingerprint density at radius 2 is 1.67 bits per heavy atom. The molecule has 4 N–H and O–H groups in total. The predicted molar refractivity (Wildman–Crippen MR) is 123 cm³/mol. The number of nitrogens with one attached hydrogen (secondary N) is 3. The maximum absolute atomic E-state index is 12.8. The molecule has 1 heterocycles. The van der Waals surface area contributed by atoms with Gasteiger partial charge in [0.05, 0.1) is 30.3 Å². The van der Waals surface area contributed by atoms with Gasteiger partial charge in [0, 0.05) is 28.4 Å². The normalized spacial score (nSPS) is 10.7. The van der Waals surface area contributed by atoms with Gasteiger partial charge in [0.25, 0.3) is 11.8 Å². The number of hydrogen-bond acceptors (Lipinski definition) is 6. The molecule has 0 radical (unpaired) electrons. The third-order valence-corrected chi connectivity index (χ3v) is 5.27. The van der Waals surface area contributed by atoms with Gasteiger partial charge in [0.15, 0.2) is 0 Å². The lowest BCUT2D eigenvalue weighted by atomic mass is 10.1. The zero-order chi connectivity index (χ0) is 23.5. The van der Waals surface area contributed by atoms with Gasteiger partial charge in [-0.25, -0.2) is 10.5 Å². The van der Waals surface area contributed by atoms with E-state index in [4.69, 9.17) is 26.3 Å². The number of amides is 2. The average Bonchev–Trinajstić information content (AvgIpc) is 3.27. The number of hydroxylamine groups is 1. The van der Waals surface area contributed by atoms with Crippen molar-refractivity contribution in [2.24, 2.45) is 0 Å². The Morgan fingerprint density at radius 3 is 2.33 bits per heavy atom. The van der Waals surface area contributed by atoms with Crippen LogP contribution in [-0.2, 0) is 0 Å². The highest BCUT2D eigenvalue weighted by molar-refractivity contribution is 6.33. The summed E-state index contributed by atoms with van der Waals surface area (Å²) in [4.78, 5) is 32.1. The fourth-order valence-corrected chi connectivity index (χ4v) is 3.47. The second kappa shape index (κ2) is 9.19. The number of methoxy groups -OCH3 is 2. The molecule has 3 aromatic carbocycles. The highest BCUT2D eigenvalue weighted by Gasteiger charge is 2.15. The van der Waals surface area contributed by atoms with E-state index in [1.54, 1.807) is 54.0 Å². The van der Waals surface area contributed by atoms with Gasteiger partial charge in [-0.3, -0.25) is 14.8 Å². The van der Waals surface area contributed by atoms with Gasteiger partial charge in [0.2, 0.25) is 0 Å². The standard InChI is InChI=1S/C23H19ClN4O5/c1-32-15-7-13(8-16(11-15)33-2)22(29)25-14-4-5-18(24)17(10-14)21-26-19-6-3-12(23(30)28-31)9-20(19)27-21/h3-11,31H,1-2H3,(H,25,29)(H,26,27)(H,28,30). The average molecular weight is 467 g/mol. The second-order valence-corrected chi connectivity index (χ2v) is 7.42. The molecule has 0 fully saturated rings. The van der Waals surface area contributed by atoms with Crippen LogP contribution in [0.15, 0.2) is 54.6 Å². The summed E-state index contributed by atoms with van der Waals surface area (Å²) in [6, 6.07) is 14.7. The smallest absolute Gasteiger partial charge is 0.274 e. The van der Waals surface area contributed by atoms with Gasteiger partial charge in [0.1, 0.15) is 17.3 Å². The van der Waals surface area contributed by atoms with Crippen LogP contribution in [0.2, 0.25) is 5.02 Å². The summed E-state index contributed by atoms with van der Waals surface area (Å²) in [6.45, 7) is 0. The molecule has 0 aliphatic rings. The third-order valence-electron chi connectivity index (χ3n) is 4.94. The quantitative estimate of drug-likeness (QED) is 0.248. The van der Waals surface area contributed by atoms with Crippen molar-refractivity contribution in [1.82, 2.24) is 15.4 Å². The van der Waals surface area contributed by atoms with E-state index in [9.17, 15) is 9.59 Å². The molecule has 0 aliphatic heterocycles. The Kier molecular flexibility index (Phi) is 6.16. The number of rotatable bonds is 6. The molecule has 0 unspecified atom stereocenters. The molecule has 0 aliphatic carbocycles. The summed E-state index contributed by atoms with van der Waals surface area (Å²) in [7, 11) is 3.02. The predicted octanol–water partition coefficient (Wildman–Crippen LogP) is 4.27. The lowest BCUT2D eigenvalue weighted by Gasteiger charge is -2.10. The molecule has 4 rings (SSSR count). The van der Waals surface area contributed by atoms with Crippen molar-refractivity contribution in [1.29, 1.82) is 0 Å². The number of H-pyrrole nitrogens is 1. The van der Waals surface area contributed by atoms with Crippen LogP contribution in [0.1, 0.15) is 20.7 Å². The van der Waals surface area contributed by atoms with Crippen molar-refractivity contribution in [3.63, 3.8) is 0 Å². The van der Waals surface area contributed by atoms with Crippen LogP contribution in [0.3, 0.4) is 0 Å². The fourth-order valence-electron chi connectivity index (χ4n) is 3.27. The summed E-state index contributed by atoms with van der Waals surface area (Å²) < 4.78 is 10.4. The van der Waals surface area contributed by atoms with Crippen LogP contribution >= 0.6 is 11.6 Å². The lowest BCUT2D eigenvalue weighted by molar-refractivity contribution is 0.0706. The number of carbonyl (C=O) groups is 2. The summed E-state index contributed by atoms with van der Waals surface area (Å²) in [5.74, 6) is 0.444. The molecular weight excluding hydrogens is 448 g/mol. The van der Waals surface area contributed by atoms with Crippen molar-refractivity contribution >= 4 is 40.1 Å². The van der Waals surface area contributed by atoms with Crippen molar-refractivity contribution < 1.29 is 24.3 Å². The molecule has 0 bridgehead atoms. The highest BCUT2D eigenvalue weighted by Crippen LogP contribution is 2.31. The monoisotopic (exact) mass is 466 g/mol. The van der Waals surface area contributed by atoms with E-state index in [1.807, 2.05) is 0 Å². The second-order valence-electron chi connectivity index (χ2n) is 7.01. The molecular formula is C23H19ClN4O5. The molecule has 0 saturated carbocycles. The summed E-state index contributed by atoms with van der Waals surface area (Å²) >= 11 is 6.39. The minimum absolute atomic E-state index is 0.254. The maximum Gasteiger partial charge on any atom is 0.274 e. The number of anilines is 1. The van der Waals surface area contributed by atoms with Gasteiger partial charge in [-0.2, -0.15) is 0 Å². The Hall–Kier alpha value is -4.08. The van der Waals surface area contributed by atoms with Gasteiger partial charge in [-0.15, -0.1) is 0 Å². The van der Waals surface area contributed by atoms with Crippen LogP contribution in [0.4, 0.5) is 5.69 Å². The van der Waals surface area contributed by atoms with Crippen molar-refractivity contribution in [2.45, 2.75) is 0 Å². The van der Waals surface area contributed by atoms with Crippen molar-refractivity contribution in [3.8, 4) is 22.9 Å². The summed E-state index contributed by atoms with van der Waals surface area (Å²) in [5, 5.41) is 12.1. The first kappa shape index (κ1) is 22.1. The van der Waals surface area contributed by atoms with E-state index in [2.05, 4.69) is 15.3 Å². The van der Waals surface area contributed by atoms with E-state index < -0.39 is 5.91 Å². The molecule has 1 aromatic heterocycles. The summed E-state index contributed by atoms with van der Waals surface area (Å²) in [5.41, 5.74) is 4.46. The number of aromatic amines is 1. The molecule has 2 amide bonds. The number of fused-ring (bicyclic) bond motifs is 1. The van der Waals surface area contributed by atoms with Crippen molar-refractivity contribution in [3.05, 3.63) is 70.7 Å². The van der Waals surface area contributed by atoms with E-state index in [0.717, 1.165) is 0 Å². The van der Waals surface area contributed by atoms with E-state index in [-0.39, 0.29) is 11.5 Å². The van der Waals surface area contributed by atoms with Gasteiger partial charge >= 0.3 is 0 Å². The van der Waals surface area contributed by atoms with E-state index in [1.165, 1.54) is 20.3 Å². The Morgan fingerprint density at radius 1 is 0.939 bits per heavy atom. The fraction of sp³-hybridized carbons (Fsp3) is 0.0870. The Labute approximate surface area is 193 Å². The molecule has 10 heteroatoms. The Balaban J connectivity index is 1.64. The third kappa shape index (κ3) is 4.59. The molecule has 168 valence electrons. The number of ether oxygens (including phenoxy) is 2. The van der Waals surface area contributed by atoms with Crippen LogP contribution in [0.5, 0.6) is 11.5 Å². The SMILES string of the molecule is COc1cc(OC)cc(C(=O)Nc2ccc(Cl)c(-c3nc4cc(C(=O)NO)ccc4[nH]3)c2)c1. The van der Waals surface area contributed by atoms with Crippen molar-refractivity contribution in [2.75, 3.05) is 19.5 Å². The topological polar surface area (TPSA) is 126 Å². The molecule has 33 heavy (non-hydrogen) atoms. The van der Waals surface area contributed by atoms with Gasteiger partial charge in [-0.05, 0) is 48.5 Å². The van der Waals surface area contributed by atoms with Crippen LogP contribution in [0, 0.1) is 0 Å². The van der Waals surface area contributed by atoms with Gasteiger partial charge < -0.3 is 19.8 Å². The van der Waals surface area contributed by atoms with E-state index in [0.29, 0.717) is 50.2 Å². The zero-order valence-electron chi connectivity index (χ0n) is 17.6. The number of hydrogen-bond donors (Lipinski definition) is 4. The molecule has 0 atom stereocenters. The van der Waals surface area contributed by atoms with E-state index >= 15 is 0 Å². The number of aromatic nitrogens is 2. The number of benzene rings is 3. The number of halogens is 1. The van der Waals surface area contributed by atoms with Crippen LogP contribution in [-0.4, -0.2) is 41.2 Å². The highest BCUT2D eigenvalue weighted by atomic mass is 35.5. The van der Waals surface area contributed by atoms with Crippen LogP contribution in [0.25, 0.3) is 22.4 Å². The first-order valence-corrected chi connectivity index (χ1v) is 10.1. The first-order valence-electron chi connectivity index (χ1n) is 9.70. The number of nitrogens with zero attached hydrogens (tertiary/aromatic N) is 1. The maximum atomic E-state index is 12.8. The molecule has 0 spiro atoms. The first-order chi connectivity index (χ1) is 15.9. The van der Waals surface area contributed by atoms with Crippen LogP contribution < -0.4 is 20.3 Å². The molecule has 0 saturated heterocycles. The lowest BCUT2D eigenvalue weighted by Crippen LogP contribution is -2.18. The number of imidazole rings is 1. The number of carbonyl (C=O) groups excluding carboxylic acids is 2.